The van der Waals surface area contributed by atoms with Crippen LogP contribution in [-0.4, -0.2) is 53.1 Å². The van der Waals surface area contributed by atoms with Gasteiger partial charge in [0.25, 0.3) is 0 Å². The van der Waals surface area contributed by atoms with Crippen molar-refractivity contribution in [1.82, 2.24) is 25.4 Å². The molecule has 0 saturated carbocycles. The van der Waals surface area contributed by atoms with E-state index >= 15 is 0 Å². The van der Waals surface area contributed by atoms with Crippen LogP contribution in [0.5, 0.6) is 5.75 Å². The molecule has 166 valence electrons. The molecule has 1 aliphatic rings. The normalized spacial score (nSPS) is 16.9. The maximum atomic E-state index is 6.06. The molecule has 0 amide bonds. The molecule has 1 aromatic heterocycles. The van der Waals surface area contributed by atoms with Crippen molar-refractivity contribution in [2.45, 2.75) is 58.4 Å². The van der Waals surface area contributed by atoms with Crippen LogP contribution in [0.3, 0.4) is 0 Å². The fourth-order valence-corrected chi connectivity index (χ4v) is 3.32. The van der Waals surface area contributed by atoms with E-state index in [9.17, 15) is 0 Å². The van der Waals surface area contributed by atoms with Crippen LogP contribution in [0.4, 0.5) is 0 Å². The molecule has 1 aliphatic heterocycles. The molecular weight excluding hydrogens is 495 g/mol. The maximum absolute atomic E-state index is 6.06. The van der Waals surface area contributed by atoms with Crippen molar-refractivity contribution < 1.29 is 9.47 Å². The molecule has 1 aromatic carbocycles. The highest BCUT2D eigenvalue weighted by Crippen LogP contribution is 2.14. The van der Waals surface area contributed by atoms with Gasteiger partial charge in [-0.15, -0.1) is 24.0 Å². The number of hydrogen-bond donors (Lipinski definition) is 2. The molecule has 8 nitrogen and oxygen atoms in total. The molecule has 2 aromatic rings. The number of halogens is 1. The first-order valence-corrected chi connectivity index (χ1v) is 10.4. The molecule has 0 aliphatic carbocycles. The minimum Gasteiger partial charge on any atom is -0.489 e. The molecule has 9 heteroatoms. The number of guanidine groups is 1. The van der Waals surface area contributed by atoms with E-state index in [1.165, 1.54) is 0 Å². The third kappa shape index (κ3) is 7.12. The zero-order valence-electron chi connectivity index (χ0n) is 18.0. The second-order valence-electron chi connectivity index (χ2n) is 7.12. The van der Waals surface area contributed by atoms with Gasteiger partial charge in [0, 0.05) is 26.1 Å². The van der Waals surface area contributed by atoms with E-state index in [1.807, 2.05) is 35.0 Å². The van der Waals surface area contributed by atoms with Gasteiger partial charge >= 0.3 is 0 Å². The summed E-state index contributed by atoms with van der Waals surface area (Å²) in [6, 6.07) is 10.2. The fraction of sp³-hybridized carbons (Fsp3) is 0.571. The first-order valence-electron chi connectivity index (χ1n) is 10.4. The van der Waals surface area contributed by atoms with Gasteiger partial charge < -0.3 is 20.1 Å². The molecule has 0 saturated heterocycles. The molecule has 0 fully saturated rings. The van der Waals surface area contributed by atoms with Crippen LogP contribution in [0.25, 0.3) is 0 Å². The van der Waals surface area contributed by atoms with E-state index in [4.69, 9.17) is 14.5 Å². The van der Waals surface area contributed by atoms with Crippen LogP contribution in [0, 0.1) is 0 Å². The summed E-state index contributed by atoms with van der Waals surface area (Å²) in [5.74, 6) is 3.46. The second-order valence-corrected chi connectivity index (χ2v) is 7.12. The Kier molecular flexibility index (Phi) is 10.4. The highest BCUT2D eigenvalue weighted by Gasteiger charge is 2.22. The van der Waals surface area contributed by atoms with E-state index in [1.54, 1.807) is 7.11 Å². The van der Waals surface area contributed by atoms with E-state index in [0.717, 1.165) is 55.7 Å². The quantitative estimate of drug-likeness (QED) is 0.296. The number of ether oxygens (including phenoxy) is 2. The minimum atomic E-state index is 0. The zero-order chi connectivity index (χ0) is 20.5. The van der Waals surface area contributed by atoms with Crippen LogP contribution in [-0.2, 0) is 24.3 Å². The number of benzene rings is 1. The molecule has 3 rings (SSSR count). The SMILES string of the molecule is CCNC(=NCC(CC)Oc1ccccc1)NC1CCc2nc(COC)nn2C1.I. The van der Waals surface area contributed by atoms with Crippen LogP contribution in [0.15, 0.2) is 35.3 Å². The summed E-state index contributed by atoms with van der Waals surface area (Å²) in [4.78, 5) is 9.31. The number of rotatable bonds is 9. The summed E-state index contributed by atoms with van der Waals surface area (Å²) in [6.07, 6.45) is 2.82. The number of aryl methyl sites for hydroxylation is 1. The van der Waals surface area contributed by atoms with Crippen molar-refractivity contribution in [2.24, 2.45) is 4.99 Å². The molecule has 2 N–H and O–H groups in total. The average Bonchev–Trinajstić information content (AvgIpc) is 3.14. The Morgan fingerprint density at radius 1 is 1.30 bits per heavy atom. The summed E-state index contributed by atoms with van der Waals surface area (Å²) >= 11 is 0. The van der Waals surface area contributed by atoms with E-state index in [2.05, 4.69) is 34.6 Å². The number of para-hydroxylation sites is 1. The Labute approximate surface area is 195 Å². The standard InChI is InChI=1S/C21H32N6O2.HI/c1-4-17(29-18-9-7-6-8-10-18)13-23-21(22-5-2)24-16-11-12-20-25-19(15-28-3)26-27(20)14-16;/h6-10,16-17H,4-5,11-15H2,1-3H3,(H2,22,23,24);1H. The molecule has 0 bridgehead atoms. The van der Waals surface area contributed by atoms with Crippen molar-refractivity contribution >= 4 is 29.9 Å². The van der Waals surface area contributed by atoms with Gasteiger partial charge in [0.1, 0.15) is 24.3 Å². The molecule has 2 atom stereocenters. The zero-order valence-corrected chi connectivity index (χ0v) is 20.3. The molecule has 0 spiro atoms. The molecule has 2 unspecified atom stereocenters. The molecule has 0 radical (unpaired) electrons. The number of methoxy groups -OCH3 is 1. The van der Waals surface area contributed by atoms with Gasteiger partial charge in [-0.2, -0.15) is 5.10 Å². The Balaban J connectivity index is 0.00000320. The van der Waals surface area contributed by atoms with Gasteiger partial charge in [0.05, 0.1) is 13.1 Å². The van der Waals surface area contributed by atoms with Gasteiger partial charge in [-0.05, 0) is 31.9 Å². The largest absolute Gasteiger partial charge is 0.489 e. The predicted molar refractivity (Wildman–Crippen MR) is 129 cm³/mol. The first kappa shape index (κ1) is 24.4. The van der Waals surface area contributed by atoms with Gasteiger partial charge in [-0.1, -0.05) is 25.1 Å². The lowest BCUT2D eigenvalue weighted by Crippen LogP contribution is -2.47. The van der Waals surface area contributed by atoms with Crippen LogP contribution < -0.4 is 15.4 Å². The first-order chi connectivity index (χ1) is 14.2. The third-order valence-corrected chi connectivity index (χ3v) is 4.81. The molecule has 30 heavy (non-hydrogen) atoms. The Morgan fingerprint density at radius 2 is 2.10 bits per heavy atom. The summed E-state index contributed by atoms with van der Waals surface area (Å²) in [5.41, 5.74) is 0. The van der Waals surface area contributed by atoms with Crippen molar-refractivity contribution in [3.63, 3.8) is 0 Å². The summed E-state index contributed by atoms with van der Waals surface area (Å²) in [5, 5.41) is 11.4. The lowest BCUT2D eigenvalue weighted by Gasteiger charge is -2.25. The molecule has 2 heterocycles. The number of aromatic nitrogens is 3. The van der Waals surface area contributed by atoms with Crippen LogP contribution in [0.1, 0.15) is 38.3 Å². The van der Waals surface area contributed by atoms with Gasteiger partial charge in [-0.3, -0.25) is 0 Å². The number of hydrogen-bond acceptors (Lipinski definition) is 5. The number of aliphatic imine (C=N–C) groups is 1. The lowest BCUT2D eigenvalue weighted by atomic mass is 10.1. The van der Waals surface area contributed by atoms with E-state index in [-0.39, 0.29) is 36.1 Å². The monoisotopic (exact) mass is 528 g/mol. The van der Waals surface area contributed by atoms with Crippen LogP contribution in [0.2, 0.25) is 0 Å². The lowest BCUT2D eigenvalue weighted by molar-refractivity contribution is 0.177. The van der Waals surface area contributed by atoms with Crippen molar-refractivity contribution in [3.8, 4) is 5.75 Å². The van der Waals surface area contributed by atoms with Gasteiger partial charge in [-0.25, -0.2) is 14.7 Å². The second kappa shape index (κ2) is 12.7. The summed E-state index contributed by atoms with van der Waals surface area (Å²) in [6.45, 7) is 6.81. The Morgan fingerprint density at radius 3 is 2.80 bits per heavy atom. The fourth-order valence-electron chi connectivity index (χ4n) is 3.32. The number of nitrogens with one attached hydrogen (secondary N) is 2. The van der Waals surface area contributed by atoms with Crippen molar-refractivity contribution in [3.05, 3.63) is 42.0 Å². The number of nitrogens with zero attached hydrogens (tertiary/aromatic N) is 4. The van der Waals surface area contributed by atoms with Crippen molar-refractivity contribution in [1.29, 1.82) is 0 Å². The van der Waals surface area contributed by atoms with Gasteiger partial charge in [0.15, 0.2) is 11.8 Å². The number of fused-ring (bicyclic) bond motifs is 1. The summed E-state index contributed by atoms with van der Waals surface area (Å²) < 4.78 is 13.2. The van der Waals surface area contributed by atoms with E-state index < -0.39 is 0 Å². The molecular formula is C21H33IN6O2. The van der Waals surface area contributed by atoms with E-state index in [0.29, 0.717) is 13.2 Å². The maximum Gasteiger partial charge on any atom is 0.191 e. The summed E-state index contributed by atoms with van der Waals surface area (Å²) in [7, 11) is 1.66. The highest BCUT2D eigenvalue weighted by molar-refractivity contribution is 14.0. The van der Waals surface area contributed by atoms with Gasteiger partial charge in [0.2, 0.25) is 0 Å². The third-order valence-electron chi connectivity index (χ3n) is 4.81. The Bertz CT molecular complexity index is 783. The topological polar surface area (TPSA) is 85.6 Å². The van der Waals surface area contributed by atoms with Crippen LogP contribution >= 0.6 is 24.0 Å². The van der Waals surface area contributed by atoms with Crippen molar-refractivity contribution in [2.75, 3.05) is 20.2 Å². The predicted octanol–water partition coefficient (Wildman–Crippen LogP) is 2.77. The Hall–Kier alpha value is -1.88. The minimum absolute atomic E-state index is 0. The average molecular weight is 528 g/mol. The highest BCUT2D eigenvalue weighted by atomic mass is 127. The smallest absolute Gasteiger partial charge is 0.191 e.